The maximum absolute atomic E-state index is 11.5. The summed E-state index contributed by atoms with van der Waals surface area (Å²) in [5.74, 6) is 0.465. The number of carbonyl (C=O) groups excluding carboxylic acids is 1. The van der Waals surface area contributed by atoms with E-state index >= 15 is 0 Å². The molecule has 1 N–H and O–H groups in total. The number of nitrogens with zero attached hydrogens (tertiary/aromatic N) is 1. The monoisotopic (exact) mass is 232 g/mol. The third kappa shape index (κ3) is 5.03. The van der Waals surface area contributed by atoms with Crippen LogP contribution in [-0.2, 0) is 4.79 Å². The molecule has 1 atom stereocenters. The molecule has 0 spiro atoms. The third-order valence-electron chi connectivity index (χ3n) is 2.31. The summed E-state index contributed by atoms with van der Waals surface area (Å²) in [7, 11) is 0. The molecule has 1 unspecified atom stereocenters. The molecule has 0 saturated carbocycles. The Morgan fingerprint density at radius 3 is 2.76 bits per heavy atom. The standard InChI is InChI=1S/C13H16N2O2/c1-2-11(8-9-14)15-13(16)10-17-12-6-4-3-5-7-12/h3-7,11H,2,8,10H2,1H3,(H,15,16). The van der Waals surface area contributed by atoms with Crippen molar-refractivity contribution in [1.82, 2.24) is 5.32 Å². The minimum absolute atomic E-state index is 0.0219. The molecule has 0 aromatic heterocycles. The Balaban J connectivity index is 2.33. The zero-order valence-corrected chi connectivity index (χ0v) is 9.85. The van der Waals surface area contributed by atoms with Gasteiger partial charge in [0.25, 0.3) is 5.91 Å². The predicted molar refractivity (Wildman–Crippen MR) is 64.4 cm³/mol. The number of amides is 1. The molecule has 0 aliphatic heterocycles. The Labute approximate surface area is 101 Å². The number of hydrogen-bond donors (Lipinski definition) is 1. The van der Waals surface area contributed by atoms with Gasteiger partial charge in [0.15, 0.2) is 6.61 Å². The van der Waals surface area contributed by atoms with Crippen LogP contribution >= 0.6 is 0 Å². The zero-order chi connectivity index (χ0) is 12.5. The minimum atomic E-state index is -0.198. The highest BCUT2D eigenvalue weighted by atomic mass is 16.5. The molecule has 4 nitrogen and oxygen atoms in total. The van der Waals surface area contributed by atoms with Crippen LogP contribution < -0.4 is 10.1 Å². The summed E-state index contributed by atoms with van der Waals surface area (Å²) in [6.45, 7) is 1.91. The molecule has 1 amide bonds. The Morgan fingerprint density at radius 1 is 1.47 bits per heavy atom. The number of rotatable bonds is 6. The van der Waals surface area contributed by atoms with E-state index in [-0.39, 0.29) is 18.6 Å². The second kappa shape index (κ2) is 7.29. The Bertz CT molecular complexity index is 384. The number of hydrogen-bond acceptors (Lipinski definition) is 3. The molecule has 0 aliphatic rings. The summed E-state index contributed by atoms with van der Waals surface area (Å²) in [6, 6.07) is 11.1. The van der Waals surface area contributed by atoms with E-state index in [0.717, 1.165) is 6.42 Å². The number of nitrogens with one attached hydrogen (secondary N) is 1. The summed E-state index contributed by atoms with van der Waals surface area (Å²) in [6.07, 6.45) is 1.07. The van der Waals surface area contributed by atoms with Gasteiger partial charge in [-0.05, 0) is 18.6 Å². The number of para-hydroxylation sites is 1. The van der Waals surface area contributed by atoms with Crippen molar-refractivity contribution in [2.24, 2.45) is 0 Å². The average molecular weight is 232 g/mol. The summed E-state index contributed by atoms with van der Waals surface area (Å²) >= 11 is 0. The lowest BCUT2D eigenvalue weighted by molar-refractivity contribution is -0.123. The van der Waals surface area contributed by atoms with Gasteiger partial charge in [0, 0.05) is 6.04 Å². The summed E-state index contributed by atoms with van der Waals surface area (Å²) in [5.41, 5.74) is 0. The van der Waals surface area contributed by atoms with Crippen molar-refractivity contribution in [3.63, 3.8) is 0 Å². The van der Waals surface area contributed by atoms with Gasteiger partial charge in [-0.3, -0.25) is 4.79 Å². The molecule has 17 heavy (non-hydrogen) atoms. The first kappa shape index (κ1) is 13.0. The van der Waals surface area contributed by atoms with Crippen molar-refractivity contribution >= 4 is 5.91 Å². The van der Waals surface area contributed by atoms with Crippen molar-refractivity contribution in [3.05, 3.63) is 30.3 Å². The van der Waals surface area contributed by atoms with Gasteiger partial charge in [0.05, 0.1) is 12.5 Å². The summed E-state index contributed by atoms with van der Waals surface area (Å²) < 4.78 is 5.30. The lowest BCUT2D eigenvalue weighted by atomic mass is 10.2. The van der Waals surface area contributed by atoms with Gasteiger partial charge < -0.3 is 10.1 Å². The number of carbonyl (C=O) groups is 1. The maximum atomic E-state index is 11.5. The van der Waals surface area contributed by atoms with Crippen molar-refractivity contribution in [2.45, 2.75) is 25.8 Å². The van der Waals surface area contributed by atoms with Gasteiger partial charge >= 0.3 is 0 Å². The van der Waals surface area contributed by atoms with Crippen molar-refractivity contribution < 1.29 is 9.53 Å². The highest BCUT2D eigenvalue weighted by Gasteiger charge is 2.10. The van der Waals surface area contributed by atoms with Crippen LogP contribution in [0.4, 0.5) is 0 Å². The Morgan fingerprint density at radius 2 is 2.18 bits per heavy atom. The number of ether oxygens (including phenoxy) is 1. The van der Waals surface area contributed by atoms with E-state index in [0.29, 0.717) is 12.2 Å². The second-order valence-corrected chi connectivity index (χ2v) is 3.64. The quantitative estimate of drug-likeness (QED) is 0.814. The van der Waals surface area contributed by atoms with E-state index in [4.69, 9.17) is 10.00 Å². The molecule has 90 valence electrons. The van der Waals surface area contributed by atoms with Crippen LogP contribution in [0, 0.1) is 11.3 Å². The van der Waals surface area contributed by atoms with Crippen molar-refractivity contribution in [2.75, 3.05) is 6.61 Å². The molecule has 0 aliphatic carbocycles. The van der Waals surface area contributed by atoms with E-state index in [2.05, 4.69) is 5.32 Å². The van der Waals surface area contributed by atoms with E-state index < -0.39 is 0 Å². The maximum Gasteiger partial charge on any atom is 0.258 e. The van der Waals surface area contributed by atoms with Crippen LogP contribution in [0.15, 0.2) is 30.3 Å². The Kier molecular flexibility index (Phi) is 5.59. The van der Waals surface area contributed by atoms with Crippen LogP contribution in [0.3, 0.4) is 0 Å². The fourth-order valence-electron chi connectivity index (χ4n) is 1.34. The highest BCUT2D eigenvalue weighted by molar-refractivity contribution is 5.77. The van der Waals surface area contributed by atoms with Gasteiger partial charge in [0.1, 0.15) is 5.75 Å². The fourth-order valence-corrected chi connectivity index (χ4v) is 1.34. The van der Waals surface area contributed by atoms with E-state index in [1.807, 2.05) is 31.2 Å². The van der Waals surface area contributed by atoms with Gasteiger partial charge in [-0.25, -0.2) is 0 Å². The molecule has 4 heteroatoms. The second-order valence-electron chi connectivity index (χ2n) is 3.64. The highest BCUT2D eigenvalue weighted by Crippen LogP contribution is 2.07. The first-order valence-corrected chi connectivity index (χ1v) is 5.60. The first-order valence-electron chi connectivity index (χ1n) is 5.60. The summed E-state index contributed by atoms with van der Waals surface area (Å²) in [5, 5.41) is 11.3. The molecule has 1 rings (SSSR count). The SMILES string of the molecule is CCC(CC#N)NC(=O)COc1ccccc1. The van der Waals surface area contributed by atoms with E-state index in [1.165, 1.54) is 0 Å². The van der Waals surface area contributed by atoms with E-state index in [1.54, 1.807) is 12.1 Å². The first-order chi connectivity index (χ1) is 8.26. The minimum Gasteiger partial charge on any atom is -0.484 e. The van der Waals surface area contributed by atoms with Gasteiger partial charge in [-0.15, -0.1) is 0 Å². The molecular formula is C13H16N2O2. The van der Waals surface area contributed by atoms with Gasteiger partial charge in [0.2, 0.25) is 0 Å². The molecule has 1 aromatic carbocycles. The van der Waals surface area contributed by atoms with Crippen LogP contribution in [-0.4, -0.2) is 18.6 Å². The van der Waals surface area contributed by atoms with Gasteiger partial charge in [-0.1, -0.05) is 25.1 Å². The van der Waals surface area contributed by atoms with E-state index in [9.17, 15) is 4.79 Å². The van der Waals surface area contributed by atoms with Crippen molar-refractivity contribution in [3.8, 4) is 11.8 Å². The lowest BCUT2D eigenvalue weighted by Crippen LogP contribution is -2.37. The third-order valence-corrected chi connectivity index (χ3v) is 2.31. The molecule has 0 radical (unpaired) electrons. The fraction of sp³-hybridized carbons (Fsp3) is 0.385. The number of benzene rings is 1. The van der Waals surface area contributed by atoms with Crippen LogP contribution in [0.25, 0.3) is 0 Å². The molecule has 0 fully saturated rings. The molecule has 1 aromatic rings. The Hall–Kier alpha value is -2.02. The predicted octanol–water partition coefficient (Wildman–Crippen LogP) is 1.87. The smallest absolute Gasteiger partial charge is 0.258 e. The average Bonchev–Trinajstić information content (AvgIpc) is 2.37. The molecule has 0 bridgehead atoms. The molecule has 0 saturated heterocycles. The van der Waals surface area contributed by atoms with Gasteiger partial charge in [-0.2, -0.15) is 5.26 Å². The van der Waals surface area contributed by atoms with Crippen LogP contribution in [0.1, 0.15) is 19.8 Å². The molecular weight excluding hydrogens is 216 g/mol. The van der Waals surface area contributed by atoms with Crippen LogP contribution in [0.2, 0.25) is 0 Å². The normalized spacial score (nSPS) is 11.3. The number of nitriles is 1. The lowest BCUT2D eigenvalue weighted by Gasteiger charge is -2.13. The topological polar surface area (TPSA) is 62.1 Å². The largest absolute Gasteiger partial charge is 0.484 e. The molecule has 0 heterocycles. The zero-order valence-electron chi connectivity index (χ0n) is 9.85. The summed E-state index contributed by atoms with van der Waals surface area (Å²) in [4.78, 5) is 11.5. The van der Waals surface area contributed by atoms with Crippen LogP contribution in [0.5, 0.6) is 5.75 Å². The van der Waals surface area contributed by atoms with Crippen molar-refractivity contribution in [1.29, 1.82) is 5.26 Å².